The van der Waals surface area contributed by atoms with Crippen LogP contribution in [0.5, 0.6) is 5.75 Å². The number of hydrogen-bond donors (Lipinski definition) is 0. The third-order valence-corrected chi connectivity index (χ3v) is 6.48. The van der Waals surface area contributed by atoms with Crippen molar-refractivity contribution in [1.82, 2.24) is 4.90 Å². The summed E-state index contributed by atoms with van der Waals surface area (Å²) < 4.78 is 12.0. The Labute approximate surface area is 204 Å². The van der Waals surface area contributed by atoms with Gasteiger partial charge in [0.05, 0.1) is 10.9 Å². The first kappa shape index (κ1) is 22.7. The highest BCUT2D eigenvalue weighted by Crippen LogP contribution is 2.27. The van der Waals surface area contributed by atoms with Crippen LogP contribution in [0.4, 0.5) is 5.69 Å². The Balaban J connectivity index is 1.29. The second-order valence-electron chi connectivity index (χ2n) is 8.79. The molecule has 1 aliphatic heterocycles. The van der Waals surface area contributed by atoms with Gasteiger partial charge in [-0.1, -0.05) is 48.5 Å². The molecule has 6 nitrogen and oxygen atoms in total. The van der Waals surface area contributed by atoms with Crippen LogP contribution in [0, 0.1) is 6.92 Å². The molecule has 1 aliphatic rings. The van der Waals surface area contributed by atoms with Crippen molar-refractivity contribution in [3.05, 3.63) is 94.8 Å². The maximum Gasteiger partial charge on any atom is 0.263 e. The standard InChI is InChI=1S/C29H28N2O4/c1-20-27(22-9-5-3-6-10-22)28(32)25-14-13-24(19-26(25)35-20)34-21(2)29(33)31-17-15-30(16-18-31)23-11-7-4-8-12-23/h3-14,19,21H,15-18H2,1-2H3/t21-/m0/s1. The fraction of sp³-hybridized carbons (Fsp3) is 0.241. The Morgan fingerprint density at radius 3 is 2.26 bits per heavy atom. The molecule has 1 aromatic heterocycles. The van der Waals surface area contributed by atoms with E-state index in [2.05, 4.69) is 17.0 Å². The van der Waals surface area contributed by atoms with E-state index in [9.17, 15) is 9.59 Å². The number of anilines is 1. The molecule has 0 radical (unpaired) electrons. The molecule has 2 heterocycles. The van der Waals surface area contributed by atoms with Crippen molar-refractivity contribution in [2.45, 2.75) is 20.0 Å². The van der Waals surface area contributed by atoms with Crippen LogP contribution >= 0.6 is 0 Å². The van der Waals surface area contributed by atoms with Gasteiger partial charge in [0, 0.05) is 37.9 Å². The number of piperazine rings is 1. The molecule has 0 unspecified atom stereocenters. The molecule has 0 spiro atoms. The number of fused-ring (bicyclic) bond motifs is 1. The Kier molecular flexibility index (Phi) is 6.27. The summed E-state index contributed by atoms with van der Waals surface area (Å²) in [5, 5.41) is 0.484. The second kappa shape index (κ2) is 9.66. The van der Waals surface area contributed by atoms with E-state index in [-0.39, 0.29) is 11.3 Å². The van der Waals surface area contributed by atoms with Gasteiger partial charge in [-0.25, -0.2) is 0 Å². The molecule has 0 bridgehead atoms. The summed E-state index contributed by atoms with van der Waals surface area (Å²) >= 11 is 0. The largest absolute Gasteiger partial charge is 0.481 e. The molecule has 0 N–H and O–H groups in total. The maximum atomic E-state index is 13.2. The molecule has 5 rings (SSSR count). The first-order valence-electron chi connectivity index (χ1n) is 11.9. The zero-order valence-electron chi connectivity index (χ0n) is 19.9. The van der Waals surface area contributed by atoms with E-state index in [1.165, 1.54) is 5.69 Å². The summed E-state index contributed by atoms with van der Waals surface area (Å²) in [5.74, 6) is 0.998. The second-order valence-corrected chi connectivity index (χ2v) is 8.79. The number of rotatable bonds is 5. The van der Waals surface area contributed by atoms with Crippen molar-refractivity contribution in [1.29, 1.82) is 0 Å². The number of benzene rings is 3. The third-order valence-electron chi connectivity index (χ3n) is 6.48. The van der Waals surface area contributed by atoms with Crippen LogP contribution in [0.2, 0.25) is 0 Å². The minimum atomic E-state index is -0.646. The minimum Gasteiger partial charge on any atom is -0.481 e. The predicted molar refractivity (Wildman–Crippen MR) is 138 cm³/mol. The van der Waals surface area contributed by atoms with Gasteiger partial charge in [-0.15, -0.1) is 0 Å². The van der Waals surface area contributed by atoms with E-state index in [1.807, 2.05) is 53.4 Å². The average Bonchev–Trinajstić information content (AvgIpc) is 2.89. The highest BCUT2D eigenvalue weighted by atomic mass is 16.5. The summed E-state index contributed by atoms with van der Waals surface area (Å²) in [5.41, 5.74) is 2.92. The molecule has 1 atom stereocenters. The molecular formula is C29H28N2O4. The van der Waals surface area contributed by atoms with Gasteiger partial charge in [-0.2, -0.15) is 0 Å². The van der Waals surface area contributed by atoms with E-state index in [0.717, 1.165) is 18.7 Å². The summed E-state index contributed by atoms with van der Waals surface area (Å²) in [7, 11) is 0. The van der Waals surface area contributed by atoms with Crippen LogP contribution < -0.4 is 15.1 Å². The van der Waals surface area contributed by atoms with E-state index in [1.54, 1.807) is 32.0 Å². The minimum absolute atomic E-state index is 0.0464. The Hall–Kier alpha value is -4.06. The molecule has 4 aromatic rings. The Morgan fingerprint density at radius 2 is 1.57 bits per heavy atom. The Morgan fingerprint density at radius 1 is 0.914 bits per heavy atom. The highest BCUT2D eigenvalue weighted by molar-refractivity contribution is 5.84. The van der Waals surface area contributed by atoms with Crippen molar-refractivity contribution >= 4 is 22.6 Å². The monoisotopic (exact) mass is 468 g/mol. The normalized spacial score (nSPS) is 14.7. The molecule has 35 heavy (non-hydrogen) atoms. The van der Waals surface area contributed by atoms with Crippen LogP contribution in [0.25, 0.3) is 22.1 Å². The van der Waals surface area contributed by atoms with Crippen LogP contribution in [0.1, 0.15) is 12.7 Å². The lowest BCUT2D eigenvalue weighted by Gasteiger charge is -2.37. The van der Waals surface area contributed by atoms with Crippen LogP contribution in [0.3, 0.4) is 0 Å². The first-order valence-corrected chi connectivity index (χ1v) is 11.9. The fourth-order valence-electron chi connectivity index (χ4n) is 4.63. The van der Waals surface area contributed by atoms with Gasteiger partial charge in [0.15, 0.2) is 6.10 Å². The smallest absolute Gasteiger partial charge is 0.263 e. The summed E-state index contributed by atoms with van der Waals surface area (Å²) in [6, 6.07) is 24.9. The van der Waals surface area contributed by atoms with Gasteiger partial charge in [-0.3, -0.25) is 9.59 Å². The molecule has 1 saturated heterocycles. The van der Waals surface area contributed by atoms with Gasteiger partial charge in [-0.05, 0) is 43.7 Å². The predicted octanol–water partition coefficient (Wildman–Crippen LogP) is 4.88. The lowest BCUT2D eigenvalue weighted by molar-refractivity contribution is -0.138. The summed E-state index contributed by atoms with van der Waals surface area (Å²) in [6.07, 6.45) is -0.646. The molecule has 1 fully saturated rings. The molecule has 0 saturated carbocycles. The number of para-hydroxylation sites is 1. The van der Waals surface area contributed by atoms with Gasteiger partial charge in [0.1, 0.15) is 17.1 Å². The topological polar surface area (TPSA) is 63.0 Å². The van der Waals surface area contributed by atoms with Crippen molar-refractivity contribution in [3.63, 3.8) is 0 Å². The molecule has 1 amide bonds. The Bertz CT molecular complexity index is 1390. The zero-order valence-corrected chi connectivity index (χ0v) is 19.9. The highest BCUT2D eigenvalue weighted by Gasteiger charge is 2.26. The van der Waals surface area contributed by atoms with Crippen LogP contribution in [-0.4, -0.2) is 43.1 Å². The van der Waals surface area contributed by atoms with Gasteiger partial charge in [0.2, 0.25) is 5.43 Å². The molecule has 0 aliphatic carbocycles. The number of nitrogens with zero attached hydrogens (tertiary/aromatic N) is 2. The van der Waals surface area contributed by atoms with Gasteiger partial charge < -0.3 is 19.0 Å². The molecule has 6 heteroatoms. The lowest BCUT2D eigenvalue weighted by atomic mass is 10.0. The third kappa shape index (κ3) is 4.64. The quantitative estimate of drug-likeness (QED) is 0.418. The van der Waals surface area contributed by atoms with E-state index in [4.69, 9.17) is 9.15 Å². The van der Waals surface area contributed by atoms with E-state index < -0.39 is 6.10 Å². The van der Waals surface area contributed by atoms with Crippen molar-refractivity contribution < 1.29 is 13.9 Å². The number of hydrogen-bond acceptors (Lipinski definition) is 5. The number of carbonyl (C=O) groups excluding carboxylic acids is 1. The van der Waals surface area contributed by atoms with Gasteiger partial charge in [0.25, 0.3) is 5.91 Å². The maximum absolute atomic E-state index is 13.2. The van der Waals surface area contributed by atoms with Crippen molar-refractivity contribution in [3.8, 4) is 16.9 Å². The molecular weight excluding hydrogens is 440 g/mol. The van der Waals surface area contributed by atoms with Crippen LogP contribution in [0.15, 0.2) is 88.1 Å². The van der Waals surface area contributed by atoms with Crippen molar-refractivity contribution in [2.24, 2.45) is 0 Å². The fourth-order valence-corrected chi connectivity index (χ4v) is 4.63. The molecule has 178 valence electrons. The summed E-state index contributed by atoms with van der Waals surface area (Å²) in [6.45, 7) is 6.41. The average molecular weight is 469 g/mol. The number of carbonyl (C=O) groups is 1. The first-order chi connectivity index (χ1) is 17.0. The van der Waals surface area contributed by atoms with E-state index in [0.29, 0.717) is 41.1 Å². The van der Waals surface area contributed by atoms with Crippen molar-refractivity contribution in [2.75, 3.05) is 31.1 Å². The van der Waals surface area contributed by atoms with E-state index >= 15 is 0 Å². The molecule has 3 aromatic carbocycles. The SMILES string of the molecule is Cc1oc2cc(O[C@@H](C)C(=O)N3CCN(c4ccccc4)CC3)ccc2c(=O)c1-c1ccccc1. The zero-order chi connectivity index (χ0) is 24.4. The number of ether oxygens (including phenoxy) is 1. The lowest BCUT2D eigenvalue weighted by Crippen LogP contribution is -2.52. The summed E-state index contributed by atoms with van der Waals surface area (Å²) in [4.78, 5) is 30.3. The number of amides is 1. The number of aryl methyl sites for hydroxylation is 1. The van der Waals surface area contributed by atoms with Crippen LogP contribution in [-0.2, 0) is 4.79 Å². The van der Waals surface area contributed by atoms with Gasteiger partial charge >= 0.3 is 0 Å².